The number of hydrogen-bond donors (Lipinski definition) is 2. The lowest BCUT2D eigenvalue weighted by molar-refractivity contribution is -0.121. The quantitative estimate of drug-likeness (QED) is 0.630. The molecule has 0 fully saturated rings. The van der Waals surface area contributed by atoms with Gasteiger partial charge in [0.05, 0.1) is 6.54 Å². The fourth-order valence-corrected chi connectivity index (χ4v) is 1.63. The Hall–Kier alpha value is -0.610. The summed E-state index contributed by atoms with van der Waals surface area (Å²) in [6.07, 6.45) is 1.09. The second-order valence-corrected chi connectivity index (χ2v) is 5.36. The maximum absolute atomic E-state index is 11.5. The molecule has 4 nitrogen and oxygen atoms in total. The summed E-state index contributed by atoms with van der Waals surface area (Å²) in [6, 6.07) is 0. The van der Waals surface area contributed by atoms with E-state index in [-0.39, 0.29) is 11.4 Å². The topological polar surface area (TPSA) is 44.4 Å². The summed E-state index contributed by atoms with van der Waals surface area (Å²) >= 11 is 0. The lowest BCUT2D eigenvalue weighted by Crippen LogP contribution is -2.45. The molecule has 0 unspecified atom stereocenters. The van der Waals surface area contributed by atoms with E-state index in [1.165, 1.54) is 0 Å². The number of rotatable bonds is 8. The van der Waals surface area contributed by atoms with Crippen molar-refractivity contribution in [2.45, 2.75) is 46.6 Å². The summed E-state index contributed by atoms with van der Waals surface area (Å²) in [5.41, 5.74) is -0.139. The van der Waals surface area contributed by atoms with Gasteiger partial charge >= 0.3 is 0 Å². The van der Waals surface area contributed by atoms with Gasteiger partial charge in [-0.2, -0.15) is 0 Å². The Morgan fingerprint density at radius 2 is 1.76 bits per heavy atom. The van der Waals surface area contributed by atoms with Gasteiger partial charge < -0.3 is 15.5 Å². The first-order valence-corrected chi connectivity index (χ1v) is 6.63. The van der Waals surface area contributed by atoms with Crippen LogP contribution in [0, 0.1) is 0 Å². The Kier molecular flexibility index (Phi) is 8.17. The minimum atomic E-state index is -0.139. The highest BCUT2D eigenvalue weighted by molar-refractivity contribution is 5.78. The third kappa shape index (κ3) is 10.3. The first-order valence-electron chi connectivity index (χ1n) is 6.63. The van der Waals surface area contributed by atoms with Crippen LogP contribution in [0.1, 0.15) is 41.0 Å². The zero-order valence-electron chi connectivity index (χ0n) is 12.1. The predicted octanol–water partition coefficient (Wildman–Crippen LogP) is 1.22. The van der Waals surface area contributed by atoms with Crippen LogP contribution in [-0.4, -0.2) is 49.1 Å². The SMILES string of the molecule is CCN(CC)CCCNCC(=O)NC(C)(C)C. The molecule has 0 aromatic heterocycles. The molecule has 0 radical (unpaired) electrons. The molecule has 0 atom stereocenters. The monoisotopic (exact) mass is 243 g/mol. The van der Waals surface area contributed by atoms with Crippen LogP contribution in [0.25, 0.3) is 0 Å². The van der Waals surface area contributed by atoms with Gasteiger partial charge in [0.15, 0.2) is 0 Å². The van der Waals surface area contributed by atoms with E-state index in [2.05, 4.69) is 29.4 Å². The van der Waals surface area contributed by atoms with Gasteiger partial charge in [0.25, 0.3) is 0 Å². The van der Waals surface area contributed by atoms with Crippen molar-refractivity contribution in [3.05, 3.63) is 0 Å². The van der Waals surface area contributed by atoms with Crippen molar-refractivity contribution in [3.63, 3.8) is 0 Å². The van der Waals surface area contributed by atoms with Gasteiger partial charge in [-0.25, -0.2) is 0 Å². The fraction of sp³-hybridized carbons (Fsp3) is 0.923. The minimum absolute atomic E-state index is 0.0698. The van der Waals surface area contributed by atoms with Crippen LogP contribution in [0.2, 0.25) is 0 Å². The Morgan fingerprint density at radius 1 is 1.18 bits per heavy atom. The number of carbonyl (C=O) groups is 1. The van der Waals surface area contributed by atoms with Crippen molar-refractivity contribution in [2.75, 3.05) is 32.7 Å². The van der Waals surface area contributed by atoms with E-state index in [4.69, 9.17) is 0 Å². The summed E-state index contributed by atoms with van der Waals surface area (Å²) in [5, 5.41) is 6.10. The molecule has 0 aromatic rings. The first kappa shape index (κ1) is 16.4. The second-order valence-electron chi connectivity index (χ2n) is 5.36. The molecule has 0 saturated heterocycles. The van der Waals surface area contributed by atoms with E-state index in [9.17, 15) is 4.79 Å². The zero-order valence-corrected chi connectivity index (χ0v) is 12.1. The van der Waals surface area contributed by atoms with Crippen molar-refractivity contribution >= 4 is 5.91 Å². The molecule has 102 valence electrons. The molecule has 0 aromatic carbocycles. The third-order valence-electron chi connectivity index (χ3n) is 2.52. The Morgan fingerprint density at radius 3 is 2.24 bits per heavy atom. The van der Waals surface area contributed by atoms with Crippen molar-refractivity contribution in [1.82, 2.24) is 15.5 Å². The number of hydrogen-bond acceptors (Lipinski definition) is 3. The lowest BCUT2D eigenvalue weighted by Gasteiger charge is -2.21. The molecule has 17 heavy (non-hydrogen) atoms. The predicted molar refractivity (Wildman–Crippen MR) is 73.2 cm³/mol. The molecule has 0 aliphatic carbocycles. The van der Waals surface area contributed by atoms with Crippen molar-refractivity contribution < 1.29 is 4.79 Å². The molecule has 0 aliphatic heterocycles. The van der Waals surface area contributed by atoms with Gasteiger partial charge in [0.2, 0.25) is 5.91 Å². The molecule has 0 bridgehead atoms. The van der Waals surface area contributed by atoms with Gasteiger partial charge in [0.1, 0.15) is 0 Å². The van der Waals surface area contributed by atoms with Gasteiger partial charge in [0, 0.05) is 5.54 Å². The number of nitrogens with one attached hydrogen (secondary N) is 2. The van der Waals surface area contributed by atoms with Gasteiger partial charge in [-0.1, -0.05) is 13.8 Å². The van der Waals surface area contributed by atoms with Crippen LogP contribution in [0.5, 0.6) is 0 Å². The van der Waals surface area contributed by atoms with Crippen molar-refractivity contribution in [3.8, 4) is 0 Å². The van der Waals surface area contributed by atoms with Gasteiger partial charge in [-0.05, 0) is 53.4 Å². The smallest absolute Gasteiger partial charge is 0.234 e. The van der Waals surface area contributed by atoms with Crippen molar-refractivity contribution in [1.29, 1.82) is 0 Å². The molecular weight excluding hydrogens is 214 g/mol. The van der Waals surface area contributed by atoms with E-state index in [0.717, 1.165) is 32.6 Å². The molecule has 4 heteroatoms. The molecular formula is C13H29N3O. The van der Waals surface area contributed by atoms with E-state index < -0.39 is 0 Å². The number of amides is 1. The largest absolute Gasteiger partial charge is 0.350 e. The lowest BCUT2D eigenvalue weighted by atomic mass is 10.1. The summed E-state index contributed by atoms with van der Waals surface area (Å²) in [7, 11) is 0. The highest BCUT2D eigenvalue weighted by Gasteiger charge is 2.12. The fourth-order valence-electron chi connectivity index (χ4n) is 1.63. The number of carbonyl (C=O) groups excluding carboxylic acids is 1. The highest BCUT2D eigenvalue weighted by Crippen LogP contribution is 1.97. The van der Waals surface area contributed by atoms with Crippen LogP contribution in [0.15, 0.2) is 0 Å². The summed E-state index contributed by atoms with van der Waals surface area (Å²) < 4.78 is 0. The first-order chi connectivity index (χ1) is 7.89. The third-order valence-corrected chi connectivity index (χ3v) is 2.52. The average Bonchev–Trinajstić information content (AvgIpc) is 2.21. The summed E-state index contributed by atoms with van der Waals surface area (Å²) in [4.78, 5) is 13.9. The number of nitrogens with zero attached hydrogens (tertiary/aromatic N) is 1. The molecule has 0 aliphatic rings. The molecule has 2 N–H and O–H groups in total. The minimum Gasteiger partial charge on any atom is -0.350 e. The van der Waals surface area contributed by atoms with Crippen molar-refractivity contribution in [2.24, 2.45) is 0 Å². The van der Waals surface area contributed by atoms with E-state index >= 15 is 0 Å². The normalized spacial score (nSPS) is 11.9. The van der Waals surface area contributed by atoms with Crippen LogP contribution in [0.3, 0.4) is 0 Å². The molecule has 0 spiro atoms. The highest BCUT2D eigenvalue weighted by atomic mass is 16.2. The Balaban J connectivity index is 3.49. The summed E-state index contributed by atoms with van der Waals surface area (Å²) in [5.74, 6) is 0.0698. The van der Waals surface area contributed by atoms with E-state index in [1.807, 2.05) is 20.8 Å². The summed E-state index contributed by atoms with van der Waals surface area (Å²) in [6.45, 7) is 14.9. The molecule has 0 saturated carbocycles. The second kappa shape index (κ2) is 8.48. The molecule has 0 rings (SSSR count). The maximum Gasteiger partial charge on any atom is 0.234 e. The van der Waals surface area contributed by atoms with Crippen LogP contribution < -0.4 is 10.6 Å². The molecule has 0 heterocycles. The average molecular weight is 243 g/mol. The van der Waals surface area contributed by atoms with Crippen LogP contribution in [-0.2, 0) is 4.79 Å². The maximum atomic E-state index is 11.5. The Bertz CT molecular complexity index is 207. The molecule has 1 amide bonds. The standard InChI is InChI=1S/C13H29N3O/c1-6-16(7-2)10-8-9-14-11-12(17)15-13(3,4)5/h14H,6-11H2,1-5H3,(H,15,17). The van der Waals surface area contributed by atoms with Gasteiger partial charge in [-0.3, -0.25) is 4.79 Å². The van der Waals surface area contributed by atoms with Crippen LogP contribution in [0.4, 0.5) is 0 Å². The van der Waals surface area contributed by atoms with Gasteiger partial charge in [-0.15, -0.1) is 0 Å². The van der Waals surface area contributed by atoms with E-state index in [1.54, 1.807) is 0 Å². The van der Waals surface area contributed by atoms with Crippen LogP contribution >= 0.6 is 0 Å². The zero-order chi connectivity index (χ0) is 13.3. The van der Waals surface area contributed by atoms with E-state index in [0.29, 0.717) is 6.54 Å². The Labute approximate surface area is 106 Å².